The molecule has 0 aromatic heterocycles. The molecule has 7 heteroatoms. The van der Waals surface area contributed by atoms with Crippen molar-refractivity contribution < 1.29 is 9.53 Å². The van der Waals surface area contributed by atoms with Gasteiger partial charge in [-0.15, -0.1) is 0 Å². The highest BCUT2D eigenvalue weighted by molar-refractivity contribution is 5.80. The molecule has 1 aliphatic rings. The summed E-state index contributed by atoms with van der Waals surface area (Å²) >= 11 is 0. The molecule has 0 unspecified atom stereocenters. The van der Waals surface area contributed by atoms with Crippen molar-refractivity contribution in [2.45, 2.75) is 38.9 Å². The van der Waals surface area contributed by atoms with Gasteiger partial charge in [0.25, 0.3) is 0 Å². The molecule has 0 atom stereocenters. The van der Waals surface area contributed by atoms with Crippen LogP contribution in [0.1, 0.15) is 30.9 Å². The summed E-state index contributed by atoms with van der Waals surface area (Å²) in [5.74, 6) is 0.796. The van der Waals surface area contributed by atoms with Gasteiger partial charge in [0.1, 0.15) is 0 Å². The molecule has 2 N–H and O–H groups in total. The van der Waals surface area contributed by atoms with Gasteiger partial charge in [-0.25, -0.2) is 4.79 Å². The molecule has 2 rings (SSSR count). The largest absolute Gasteiger partial charge is 0.450 e. The van der Waals surface area contributed by atoms with Gasteiger partial charge >= 0.3 is 6.09 Å². The van der Waals surface area contributed by atoms with Crippen molar-refractivity contribution >= 4 is 12.1 Å². The third-order valence-electron chi connectivity index (χ3n) is 4.64. The van der Waals surface area contributed by atoms with E-state index in [4.69, 9.17) is 4.74 Å². The average Bonchev–Trinajstić information content (AvgIpc) is 2.66. The van der Waals surface area contributed by atoms with Crippen LogP contribution < -0.4 is 10.6 Å². The molecule has 0 saturated carbocycles. The lowest BCUT2D eigenvalue weighted by Crippen LogP contribution is -2.49. The Morgan fingerprint density at radius 3 is 2.52 bits per heavy atom. The first-order chi connectivity index (χ1) is 13.0. The zero-order valence-electron chi connectivity index (χ0n) is 17.0. The summed E-state index contributed by atoms with van der Waals surface area (Å²) in [6.45, 7) is 5.31. The van der Waals surface area contributed by atoms with E-state index in [9.17, 15) is 4.79 Å². The lowest BCUT2D eigenvalue weighted by atomic mass is 10.1. The smallest absolute Gasteiger partial charge is 0.409 e. The number of nitrogens with zero attached hydrogens (tertiary/aromatic N) is 3. The first-order valence-electron chi connectivity index (χ1n) is 9.63. The Morgan fingerprint density at radius 1 is 1.26 bits per heavy atom. The van der Waals surface area contributed by atoms with Crippen LogP contribution >= 0.6 is 0 Å². The lowest BCUT2D eigenvalue weighted by molar-refractivity contribution is 0.0963. The third kappa shape index (κ3) is 6.75. The zero-order chi connectivity index (χ0) is 19.6. The lowest BCUT2D eigenvalue weighted by Gasteiger charge is -2.32. The minimum absolute atomic E-state index is 0.212. The number of benzene rings is 1. The van der Waals surface area contributed by atoms with E-state index in [0.717, 1.165) is 31.9 Å². The average molecular weight is 376 g/mol. The van der Waals surface area contributed by atoms with E-state index in [2.05, 4.69) is 58.9 Å². The number of carbonyl (C=O) groups is 1. The maximum absolute atomic E-state index is 11.8. The van der Waals surface area contributed by atoms with E-state index >= 15 is 0 Å². The van der Waals surface area contributed by atoms with E-state index in [0.29, 0.717) is 25.7 Å². The van der Waals surface area contributed by atoms with Crippen molar-refractivity contribution in [1.29, 1.82) is 0 Å². The molecule has 1 aromatic rings. The van der Waals surface area contributed by atoms with Gasteiger partial charge in [0.05, 0.1) is 6.61 Å². The molecule has 0 radical (unpaired) electrons. The highest BCUT2D eigenvalue weighted by atomic mass is 16.6. The van der Waals surface area contributed by atoms with Crippen molar-refractivity contribution in [3.8, 4) is 0 Å². The van der Waals surface area contributed by atoms with Gasteiger partial charge in [-0.3, -0.25) is 4.99 Å². The number of hydrogen-bond acceptors (Lipinski definition) is 4. The Balaban J connectivity index is 1.83. The van der Waals surface area contributed by atoms with Crippen LogP contribution in [0.2, 0.25) is 0 Å². The van der Waals surface area contributed by atoms with Gasteiger partial charge in [0.2, 0.25) is 0 Å². The molecule has 1 aromatic carbocycles. The molecule has 0 bridgehead atoms. The summed E-state index contributed by atoms with van der Waals surface area (Å²) in [4.78, 5) is 20.1. The fraction of sp³-hybridized carbons (Fsp3) is 0.600. The number of piperidine rings is 1. The summed E-state index contributed by atoms with van der Waals surface area (Å²) in [6, 6.07) is 8.76. The Labute approximate surface area is 162 Å². The second-order valence-corrected chi connectivity index (χ2v) is 7.04. The molecule has 0 aliphatic carbocycles. The number of rotatable bonds is 6. The Hall–Kier alpha value is -2.28. The number of aliphatic imine (C=N–C) groups is 1. The fourth-order valence-corrected chi connectivity index (χ4v) is 3.21. The van der Waals surface area contributed by atoms with Crippen molar-refractivity contribution in [2.75, 3.05) is 40.8 Å². The van der Waals surface area contributed by atoms with Crippen LogP contribution in [0.15, 0.2) is 29.3 Å². The quantitative estimate of drug-likeness (QED) is 0.588. The molecular weight excluding hydrogens is 342 g/mol. The van der Waals surface area contributed by atoms with E-state index < -0.39 is 0 Å². The molecule has 1 fully saturated rings. The molecular formula is C20H33N5O2. The molecule has 1 saturated heterocycles. The Bertz CT molecular complexity index is 625. The highest BCUT2D eigenvalue weighted by Crippen LogP contribution is 2.12. The first kappa shape index (κ1) is 21.0. The van der Waals surface area contributed by atoms with Crippen LogP contribution in [0, 0.1) is 0 Å². The van der Waals surface area contributed by atoms with Gasteiger partial charge in [-0.05, 0) is 45.0 Å². The molecule has 1 aliphatic heterocycles. The Kier molecular flexibility index (Phi) is 8.39. The van der Waals surface area contributed by atoms with Crippen LogP contribution in [0.25, 0.3) is 0 Å². The zero-order valence-corrected chi connectivity index (χ0v) is 17.0. The van der Waals surface area contributed by atoms with Crippen LogP contribution in [0.3, 0.4) is 0 Å². The number of amides is 1. The van der Waals surface area contributed by atoms with Gasteiger partial charge in [0.15, 0.2) is 5.96 Å². The summed E-state index contributed by atoms with van der Waals surface area (Å²) in [7, 11) is 5.94. The second-order valence-electron chi connectivity index (χ2n) is 7.04. The second kappa shape index (κ2) is 10.8. The molecule has 7 nitrogen and oxygen atoms in total. The van der Waals surface area contributed by atoms with Crippen molar-refractivity contribution in [1.82, 2.24) is 20.4 Å². The van der Waals surface area contributed by atoms with Crippen molar-refractivity contribution in [2.24, 2.45) is 4.99 Å². The number of guanidine groups is 1. The van der Waals surface area contributed by atoms with Crippen LogP contribution in [0.4, 0.5) is 4.79 Å². The van der Waals surface area contributed by atoms with Crippen LogP contribution in [-0.4, -0.2) is 68.7 Å². The predicted octanol–water partition coefficient (Wildman–Crippen LogP) is 2.03. The summed E-state index contributed by atoms with van der Waals surface area (Å²) < 4.78 is 5.07. The minimum atomic E-state index is -0.212. The maximum atomic E-state index is 11.8. The number of ether oxygens (including phenoxy) is 1. The molecule has 27 heavy (non-hydrogen) atoms. The Morgan fingerprint density at radius 2 is 1.93 bits per heavy atom. The van der Waals surface area contributed by atoms with Gasteiger partial charge < -0.3 is 25.2 Å². The van der Waals surface area contributed by atoms with Crippen molar-refractivity contribution in [3.63, 3.8) is 0 Å². The number of nitrogens with one attached hydrogen (secondary N) is 2. The van der Waals surface area contributed by atoms with E-state index in [1.807, 2.05) is 6.92 Å². The molecule has 1 heterocycles. The number of hydrogen-bond donors (Lipinski definition) is 2. The summed E-state index contributed by atoms with van der Waals surface area (Å²) in [6.07, 6.45) is 1.56. The molecule has 0 spiro atoms. The maximum Gasteiger partial charge on any atom is 0.409 e. The highest BCUT2D eigenvalue weighted by Gasteiger charge is 2.24. The first-order valence-corrected chi connectivity index (χ1v) is 9.63. The van der Waals surface area contributed by atoms with E-state index in [1.165, 1.54) is 11.1 Å². The van der Waals surface area contributed by atoms with E-state index in [1.54, 1.807) is 11.9 Å². The van der Waals surface area contributed by atoms with Crippen LogP contribution in [-0.2, 0) is 17.8 Å². The van der Waals surface area contributed by atoms with Crippen LogP contribution in [0.5, 0.6) is 0 Å². The van der Waals surface area contributed by atoms with E-state index in [-0.39, 0.29) is 6.09 Å². The van der Waals surface area contributed by atoms with Crippen molar-refractivity contribution in [3.05, 3.63) is 35.4 Å². The standard InChI is InChI=1S/C20H33N5O2/c1-5-27-20(26)25-12-10-18(11-13-25)23-19(21-2)22-14-16-8-6-7-9-17(16)15-24(3)4/h6-9,18H,5,10-15H2,1-4H3,(H2,21,22,23). The topological polar surface area (TPSA) is 69.2 Å². The monoisotopic (exact) mass is 375 g/mol. The normalized spacial score (nSPS) is 15.7. The summed E-state index contributed by atoms with van der Waals surface area (Å²) in [5.41, 5.74) is 2.58. The van der Waals surface area contributed by atoms with Gasteiger partial charge in [-0.2, -0.15) is 0 Å². The fourth-order valence-electron chi connectivity index (χ4n) is 3.21. The summed E-state index contributed by atoms with van der Waals surface area (Å²) in [5, 5.41) is 6.89. The number of carbonyl (C=O) groups excluding carboxylic acids is 1. The third-order valence-corrected chi connectivity index (χ3v) is 4.64. The van der Waals surface area contributed by atoms with Gasteiger partial charge in [0, 0.05) is 39.3 Å². The molecule has 150 valence electrons. The minimum Gasteiger partial charge on any atom is -0.450 e. The van der Waals surface area contributed by atoms with Gasteiger partial charge in [-0.1, -0.05) is 24.3 Å². The SMILES string of the molecule is CCOC(=O)N1CCC(NC(=NC)NCc2ccccc2CN(C)C)CC1. The molecule has 1 amide bonds. The predicted molar refractivity (Wildman–Crippen MR) is 109 cm³/mol. The number of likely N-dealkylation sites (tertiary alicyclic amines) is 1.